The van der Waals surface area contributed by atoms with Crippen LogP contribution in [0.5, 0.6) is 0 Å². The molecule has 0 spiro atoms. The number of hydrogen-bond acceptors (Lipinski definition) is 34. The van der Waals surface area contributed by atoms with Gasteiger partial charge in [0.05, 0.1) is 0 Å². The van der Waals surface area contributed by atoms with Crippen LogP contribution < -0.4 is 0 Å². The molecule has 0 aromatic heterocycles. The first-order valence-corrected chi connectivity index (χ1v) is 25.9. The fourth-order valence-electron chi connectivity index (χ4n) is 4.53. The average Bonchev–Trinajstić information content (AvgIpc) is 3.22. The van der Waals surface area contributed by atoms with Gasteiger partial charge in [0.15, 0.2) is 0 Å². The highest BCUT2D eigenvalue weighted by atomic mass is 31.2. The van der Waals surface area contributed by atoms with Crippen LogP contribution in [0.25, 0.3) is 0 Å². The summed E-state index contributed by atoms with van der Waals surface area (Å²) in [6.07, 6.45) is -14.2. The maximum atomic E-state index is 14.7. The normalized spacial score (nSPS) is 18.2. The van der Waals surface area contributed by atoms with E-state index >= 15 is 0 Å². The molecule has 0 aromatic carbocycles. The van der Waals surface area contributed by atoms with Gasteiger partial charge in [-0.15, -0.1) is 0 Å². The van der Waals surface area contributed by atoms with Gasteiger partial charge in [0, 0.05) is 68.2 Å². The van der Waals surface area contributed by atoms with Crippen LogP contribution in [0, 0.1) is 0 Å². The maximum Gasteiger partial charge on any atom is 0.481 e. The molecular weight excluding hydrogens is 1080 g/mol. The molecule has 1 aliphatic rings. The quantitative estimate of drug-likeness (QED) is 0.0380. The highest BCUT2D eigenvalue weighted by molar-refractivity contribution is 7.49. The van der Waals surface area contributed by atoms with Gasteiger partial charge in [-0.05, 0) is 6.42 Å². The van der Waals surface area contributed by atoms with Crippen LogP contribution in [0.15, 0.2) is 0 Å². The van der Waals surface area contributed by atoms with Gasteiger partial charge in [-0.25, -0.2) is 54.5 Å². The summed E-state index contributed by atoms with van der Waals surface area (Å²) in [7, 11) is -22.5. The molecule has 414 valence electrons. The van der Waals surface area contributed by atoms with Crippen LogP contribution in [0.1, 0.15) is 81.6 Å². The summed E-state index contributed by atoms with van der Waals surface area (Å²) in [5.74, 6) is -9.63. The summed E-state index contributed by atoms with van der Waals surface area (Å²) in [4.78, 5) is 107. The number of hydrogen-bond donors (Lipinski definition) is 0. The van der Waals surface area contributed by atoms with Crippen molar-refractivity contribution in [3.05, 3.63) is 0 Å². The van der Waals surface area contributed by atoms with Crippen molar-refractivity contribution in [1.29, 1.82) is 0 Å². The minimum atomic E-state index is -5.73. The molecule has 0 aliphatic heterocycles. The number of carbonyl (C=O) groups excluding carboxylic acids is 9. The third-order valence-corrected chi connectivity index (χ3v) is 12.8. The van der Waals surface area contributed by atoms with Crippen molar-refractivity contribution in [3.8, 4) is 0 Å². The van der Waals surface area contributed by atoms with E-state index in [0.717, 1.165) is 55.4 Å². The Hall–Kier alpha value is -4.33. The fraction of sp³-hybridized carbons (Fsp3) is 0.735. The number of phosphoric ester groups is 4. The van der Waals surface area contributed by atoms with E-state index in [2.05, 4.69) is 37.9 Å². The van der Waals surface area contributed by atoms with E-state index in [1.54, 1.807) is 0 Å². The van der Waals surface area contributed by atoms with Crippen LogP contribution in [-0.4, -0.2) is 139 Å². The van der Waals surface area contributed by atoms with E-state index < -0.39 is 183 Å². The van der Waals surface area contributed by atoms with Crippen molar-refractivity contribution < 1.29 is 158 Å². The van der Waals surface area contributed by atoms with Gasteiger partial charge < -0.3 is 42.6 Å². The third kappa shape index (κ3) is 28.2. The first-order chi connectivity index (χ1) is 33.5. The fourth-order valence-corrected chi connectivity index (χ4v) is 8.95. The molecule has 0 unspecified atom stereocenters. The summed E-state index contributed by atoms with van der Waals surface area (Å²) in [6.45, 7) is -2.00. The number of ether oxygens (including phenoxy) is 9. The molecule has 0 saturated heterocycles. The lowest BCUT2D eigenvalue weighted by Gasteiger charge is -2.46. The van der Waals surface area contributed by atoms with Gasteiger partial charge in [0.1, 0.15) is 30.5 Å². The zero-order valence-electron chi connectivity index (χ0n) is 39.8. The molecule has 5 atom stereocenters. The summed E-state index contributed by atoms with van der Waals surface area (Å²) < 4.78 is 165. The van der Waals surface area contributed by atoms with E-state index in [0.29, 0.717) is 0 Å². The highest BCUT2D eigenvalue weighted by Crippen LogP contribution is 2.61. The van der Waals surface area contributed by atoms with Crippen molar-refractivity contribution in [3.63, 3.8) is 0 Å². The molecule has 1 aliphatic carbocycles. The molecule has 1 rings (SSSR count). The van der Waals surface area contributed by atoms with E-state index in [1.165, 1.54) is 6.92 Å². The SMILES string of the molecule is CCCC(=O)O[C@H]1C[C@@H](OP(=O)(OCOC(C)=O)OCOC(C)=O)[C@H](OP(=O)(OCOC(C)=O)OCOC(C)=O)[C@@H](OP(=O)(OCOC(C)=O)OCOC(C)=O)[C@@H]1OP(=O)(OCOC(C)=O)OCOC(C)=O. The molecule has 0 heterocycles. The monoisotopic (exact) mass is 1130 g/mol. The molecule has 34 nitrogen and oxygen atoms in total. The standard InChI is InChI=1S/C34H54O34P4/c1-10-11-31(43)64-29-12-30(65-69(44,56-13-48-21(2)35)57-14-49-22(3)36)33(67-71(46,60-17-52-25(6)39)61-18-53-26(7)40)34(68-72(47,62-19-54-27(8)41)63-20-55-28(9)42)32(29)66-70(45,58-15-50-23(4)37)59-16-51-24(5)38/h29-30,32-34H,10-20H2,1-9H3/t29-,30+,32+,33-,34-/m0/s1. The Kier molecular flexibility index (Phi) is 29.9. The minimum absolute atomic E-state index is 0.0625. The Morgan fingerprint density at radius 2 is 0.569 bits per heavy atom. The lowest BCUT2D eigenvalue weighted by Crippen LogP contribution is -2.59. The lowest BCUT2D eigenvalue weighted by molar-refractivity contribution is -0.197. The Labute approximate surface area is 409 Å². The molecule has 0 N–H and O–H groups in total. The van der Waals surface area contributed by atoms with Crippen molar-refractivity contribution >= 4 is 85.0 Å². The number of phosphoric acid groups is 4. The van der Waals surface area contributed by atoms with Gasteiger partial charge in [0.2, 0.25) is 54.3 Å². The summed E-state index contributed by atoms with van der Waals surface area (Å²) in [6, 6.07) is 0. The van der Waals surface area contributed by atoms with Crippen LogP contribution in [0.2, 0.25) is 0 Å². The predicted octanol–water partition coefficient (Wildman–Crippen LogP) is 3.37. The number of esters is 9. The Morgan fingerprint density at radius 1 is 0.347 bits per heavy atom. The Morgan fingerprint density at radius 3 is 0.806 bits per heavy atom. The zero-order chi connectivity index (χ0) is 54.7. The second-order valence-electron chi connectivity index (χ2n) is 13.2. The van der Waals surface area contributed by atoms with E-state index in [-0.39, 0.29) is 6.42 Å². The van der Waals surface area contributed by atoms with Gasteiger partial charge in [0.25, 0.3) is 0 Å². The largest absolute Gasteiger partial charge is 0.481 e. The van der Waals surface area contributed by atoms with Gasteiger partial charge in [-0.2, -0.15) is 0 Å². The van der Waals surface area contributed by atoms with E-state index in [9.17, 15) is 61.4 Å². The van der Waals surface area contributed by atoms with Crippen molar-refractivity contribution in [2.24, 2.45) is 0 Å². The Balaban J connectivity index is 4.62. The predicted molar refractivity (Wildman–Crippen MR) is 221 cm³/mol. The van der Waals surface area contributed by atoms with E-state index in [4.69, 9.17) is 59.0 Å². The van der Waals surface area contributed by atoms with Gasteiger partial charge in [-0.3, -0.25) is 61.2 Å². The van der Waals surface area contributed by atoms with Crippen LogP contribution in [0.4, 0.5) is 0 Å². The molecule has 1 fully saturated rings. The summed E-state index contributed by atoms with van der Waals surface area (Å²) in [5.41, 5.74) is 0. The topological polar surface area (TPSA) is 416 Å². The smallest absolute Gasteiger partial charge is 0.459 e. The van der Waals surface area contributed by atoms with Crippen molar-refractivity contribution in [2.75, 3.05) is 54.3 Å². The summed E-state index contributed by atoms with van der Waals surface area (Å²) in [5, 5.41) is 0. The molecule has 38 heteroatoms. The second-order valence-corrected chi connectivity index (χ2v) is 19.7. The number of carbonyl (C=O) groups is 9. The van der Waals surface area contributed by atoms with Crippen LogP contribution >= 0.6 is 31.3 Å². The van der Waals surface area contributed by atoms with Gasteiger partial charge >= 0.3 is 85.0 Å². The summed E-state index contributed by atoms with van der Waals surface area (Å²) >= 11 is 0. The van der Waals surface area contributed by atoms with E-state index in [1.807, 2.05) is 0 Å². The molecule has 1 saturated carbocycles. The van der Waals surface area contributed by atoms with Crippen LogP contribution in [0.3, 0.4) is 0 Å². The molecule has 0 aromatic rings. The van der Waals surface area contributed by atoms with Crippen molar-refractivity contribution in [2.45, 2.75) is 112 Å². The zero-order valence-corrected chi connectivity index (χ0v) is 43.4. The van der Waals surface area contributed by atoms with Gasteiger partial charge in [-0.1, -0.05) is 6.92 Å². The third-order valence-electron chi connectivity index (χ3n) is 7.38. The lowest BCUT2D eigenvalue weighted by atomic mass is 9.87. The second kappa shape index (κ2) is 32.8. The molecular formula is C34H54O34P4. The number of rotatable bonds is 35. The van der Waals surface area contributed by atoms with Crippen molar-refractivity contribution in [1.82, 2.24) is 0 Å². The first-order valence-electron chi connectivity index (χ1n) is 20.1. The molecule has 0 amide bonds. The maximum absolute atomic E-state index is 14.7. The molecule has 0 radical (unpaired) electrons. The first kappa shape index (κ1) is 65.7. The highest BCUT2D eigenvalue weighted by Gasteiger charge is 2.59. The Bertz CT molecular complexity index is 1950. The minimum Gasteiger partial charge on any atom is -0.459 e. The van der Waals surface area contributed by atoms with Crippen LogP contribution in [-0.2, 0) is 158 Å². The average molecular weight is 1130 g/mol. The molecule has 0 bridgehead atoms. The molecule has 72 heavy (non-hydrogen) atoms.